The van der Waals surface area contributed by atoms with Gasteiger partial charge in [0.2, 0.25) is 0 Å². The monoisotopic (exact) mass is 160 g/mol. The summed E-state index contributed by atoms with van der Waals surface area (Å²) in [6.07, 6.45) is 4.45. The molecule has 0 bridgehead atoms. The highest BCUT2D eigenvalue weighted by Crippen LogP contribution is 2.18. The maximum absolute atomic E-state index is 2.31. The summed E-state index contributed by atoms with van der Waals surface area (Å²) in [5.74, 6) is 0. The molecule has 1 aliphatic heterocycles. The lowest BCUT2D eigenvalue weighted by atomic mass is 9.97. The quantitative estimate of drug-likeness (QED) is 0.556. The minimum atomic E-state index is 0.217. The van der Waals surface area contributed by atoms with Gasteiger partial charge in [0.05, 0.1) is 0 Å². The van der Waals surface area contributed by atoms with E-state index < -0.39 is 0 Å². The van der Waals surface area contributed by atoms with E-state index in [2.05, 4.69) is 55.6 Å². The molecule has 0 saturated heterocycles. The lowest BCUT2D eigenvalue weighted by Gasteiger charge is -2.23. The molecular weight excluding hydrogens is 146 g/mol. The second kappa shape index (κ2) is 2.46. The molecule has 0 aliphatic carbocycles. The van der Waals surface area contributed by atoms with E-state index in [-0.39, 0.29) is 5.54 Å². The van der Waals surface area contributed by atoms with Gasteiger partial charge in [-0.25, -0.2) is 0 Å². The molecule has 0 atom stereocenters. The van der Waals surface area contributed by atoms with Crippen LogP contribution in [0.5, 0.6) is 0 Å². The zero-order chi connectivity index (χ0) is 8.60. The van der Waals surface area contributed by atoms with Gasteiger partial charge in [0.15, 0.2) is 0 Å². The molecule has 1 heterocycles. The molecule has 1 nitrogen and oxygen atoms in total. The van der Waals surface area contributed by atoms with E-state index in [0.29, 0.717) is 0 Å². The van der Waals surface area contributed by atoms with Crippen LogP contribution in [0.3, 0.4) is 0 Å². The number of fused-ring (bicyclic) bond motifs is 1. The van der Waals surface area contributed by atoms with Crippen LogP contribution in [0, 0.1) is 0 Å². The Morgan fingerprint density at radius 2 is 1.92 bits per heavy atom. The molecule has 1 aromatic carbocycles. The first-order chi connectivity index (χ1) is 5.67. The molecule has 1 aliphatic rings. The Labute approximate surface area is 73.1 Å². The van der Waals surface area contributed by atoms with E-state index in [1.807, 2.05) is 0 Å². The summed E-state index contributed by atoms with van der Waals surface area (Å²) in [4.78, 5) is 0. The minimum Gasteiger partial charge on any atom is -0.306 e. The maximum atomic E-state index is 2.31. The highest BCUT2D eigenvalue weighted by Gasteiger charge is 2.23. The predicted molar refractivity (Wildman–Crippen MR) is 51.1 cm³/mol. The average Bonchev–Trinajstić information content (AvgIpc) is 2.02. The van der Waals surface area contributed by atoms with Crippen molar-refractivity contribution in [3.63, 3.8) is 0 Å². The van der Waals surface area contributed by atoms with Crippen molar-refractivity contribution in [2.75, 3.05) is 0 Å². The Bertz CT molecular complexity index is 324. The van der Waals surface area contributed by atoms with Gasteiger partial charge in [-0.05, 0) is 38.1 Å². The van der Waals surface area contributed by atoms with Gasteiger partial charge in [0, 0.05) is 5.56 Å². The molecule has 0 unspecified atom stereocenters. The van der Waals surface area contributed by atoms with Gasteiger partial charge >= 0.3 is 0 Å². The third kappa shape index (κ3) is 1.28. The van der Waals surface area contributed by atoms with E-state index in [9.17, 15) is 0 Å². The normalized spacial score (nSPS) is 18.8. The van der Waals surface area contributed by atoms with Crippen LogP contribution >= 0.6 is 0 Å². The fourth-order valence-electron chi connectivity index (χ4n) is 1.55. The first-order valence-corrected chi connectivity index (χ1v) is 4.32. The van der Waals surface area contributed by atoms with Crippen LogP contribution in [0.25, 0.3) is 6.08 Å². The predicted octanol–water partition coefficient (Wildman–Crippen LogP) is 1.69. The van der Waals surface area contributed by atoms with Gasteiger partial charge in [-0.3, -0.25) is 0 Å². The molecule has 0 saturated carbocycles. The van der Waals surface area contributed by atoms with Crippen molar-refractivity contribution in [3.05, 3.63) is 35.9 Å². The van der Waals surface area contributed by atoms with Gasteiger partial charge < -0.3 is 5.32 Å². The summed E-state index contributed by atoms with van der Waals surface area (Å²) in [5, 5.41) is 2.31. The van der Waals surface area contributed by atoms with Crippen LogP contribution < -0.4 is 5.32 Å². The SMILES string of the molecule is CC1(C)C=Cc2ccccc2[NH2+]1. The Hall–Kier alpha value is -1.08. The zero-order valence-electron chi connectivity index (χ0n) is 7.54. The number of quaternary nitrogens is 1. The highest BCUT2D eigenvalue weighted by molar-refractivity contribution is 5.62. The first-order valence-electron chi connectivity index (χ1n) is 4.32. The third-order valence-corrected chi connectivity index (χ3v) is 2.22. The molecule has 2 rings (SSSR count). The van der Waals surface area contributed by atoms with Crippen LogP contribution in [0.4, 0.5) is 5.69 Å². The number of benzene rings is 1. The number of nitrogens with two attached hydrogens (primary N) is 1. The fourth-order valence-corrected chi connectivity index (χ4v) is 1.55. The zero-order valence-corrected chi connectivity index (χ0v) is 7.54. The third-order valence-electron chi connectivity index (χ3n) is 2.22. The van der Waals surface area contributed by atoms with Crippen molar-refractivity contribution < 1.29 is 5.32 Å². The van der Waals surface area contributed by atoms with E-state index in [4.69, 9.17) is 0 Å². The van der Waals surface area contributed by atoms with Crippen molar-refractivity contribution >= 4 is 11.8 Å². The topological polar surface area (TPSA) is 16.6 Å². The van der Waals surface area contributed by atoms with Gasteiger partial charge in [-0.2, -0.15) is 0 Å². The van der Waals surface area contributed by atoms with Crippen molar-refractivity contribution in [1.29, 1.82) is 0 Å². The van der Waals surface area contributed by atoms with Gasteiger partial charge in [0.25, 0.3) is 0 Å². The summed E-state index contributed by atoms with van der Waals surface area (Å²) in [6.45, 7) is 4.44. The summed E-state index contributed by atoms with van der Waals surface area (Å²) >= 11 is 0. The smallest absolute Gasteiger partial charge is 0.137 e. The van der Waals surface area contributed by atoms with E-state index in [0.717, 1.165) is 0 Å². The standard InChI is InChI=1S/C11H13N/c1-11(2)8-7-9-5-3-4-6-10(9)12-11/h3-8,12H,1-2H3/p+1. The molecular formula is C11H14N+. The Kier molecular flexibility index (Phi) is 1.55. The fraction of sp³-hybridized carbons (Fsp3) is 0.273. The van der Waals surface area contributed by atoms with Crippen LogP contribution in [-0.2, 0) is 0 Å². The number of para-hydroxylation sites is 1. The highest BCUT2D eigenvalue weighted by atomic mass is 15.0. The summed E-state index contributed by atoms with van der Waals surface area (Å²) in [5.41, 5.74) is 2.90. The summed E-state index contributed by atoms with van der Waals surface area (Å²) in [7, 11) is 0. The molecule has 0 spiro atoms. The van der Waals surface area contributed by atoms with Crippen LogP contribution in [0.1, 0.15) is 19.4 Å². The van der Waals surface area contributed by atoms with Crippen molar-refractivity contribution in [1.82, 2.24) is 0 Å². The maximum Gasteiger partial charge on any atom is 0.137 e. The van der Waals surface area contributed by atoms with Crippen molar-refractivity contribution in [2.45, 2.75) is 19.4 Å². The summed E-state index contributed by atoms with van der Waals surface area (Å²) in [6, 6.07) is 8.48. The number of hydrogen-bond acceptors (Lipinski definition) is 0. The first kappa shape index (κ1) is 7.56. The Morgan fingerprint density at radius 1 is 1.17 bits per heavy atom. The van der Waals surface area contributed by atoms with Gasteiger partial charge in [-0.15, -0.1) is 0 Å². The number of hydrogen-bond donors (Lipinski definition) is 1. The molecule has 1 aromatic rings. The van der Waals surface area contributed by atoms with Crippen molar-refractivity contribution in [2.24, 2.45) is 0 Å². The molecule has 0 fully saturated rings. The van der Waals surface area contributed by atoms with Gasteiger partial charge in [-0.1, -0.05) is 12.1 Å². The summed E-state index contributed by atoms with van der Waals surface area (Å²) < 4.78 is 0. The average molecular weight is 160 g/mol. The Balaban J connectivity index is 2.46. The van der Waals surface area contributed by atoms with Crippen LogP contribution in [-0.4, -0.2) is 5.54 Å². The molecule has 62 valence electrons. The molecule has 0 amide bonds. The second-order valence-corrected chi connectivity index (χ2v) is 3.93. The Morgan fingerprint density at radius 3 is 2.75 bits per heavy atom. The molecule has 12 heavy (non-hydrogen) atoms. The van der Waals surface area contributed by atoms with Gasteiger partial charge in [0.1, 0.15) is 11.2 Å². The lowest BCUT2D eigenvalue weighted by molar-refractivity contribution is -0.634. The number of rotatable bonds is 0. The lowest BCUT2D eigenvalue weighted by Crippen LogP contribution is -2.90. The molecule has 2 N–H and O–H groups in total. The molecule has 1 heteroatoms. The molecule has 0 aromatic heterocycles. The van der Waals surface area contributed by atoms with E-state index in [1.54, 1.807) is 0 Å². The van der Waals surface area contributed by atoms with E-state index >= 15 is 0 Å². The van der Waals surface area contributed by atoms with Crippen LogP contribution in [0.2, 0.25) is 0 Å². The minimum absolute atomic E-state index is 0.217. The van der Waals surface area contributed by atoms with Crippen LogP contribution in [0.15, 0.2) is 30.3 Å². The molecule has 0 radical (unpaired) electrons. The van der Waals surface area contributed by atoms with Crippen molar-refractivity contribution in [3.8, 4) is 0 Å². The largest absolute Gasteiger partial charge is 0.306 e. The van der Waals surface area contributed by atoms with E-state index in [1.165, 1.54) is 11.3 Å². The second-order valence-electron chi connectivity index (χ2n) is 3.93.